The smallest absolute Gasteiger partial charge is 0.254 e. The molecule has 164 valence electrons. The van der Waals surface area contributed by atoms with Crippen LogP contribution in [0.15, 0.2) is 60.0 Å². The number of carbonyl (C=O) groups is 1. The lowest BCUT2D eigenvalue weighted by atomic mass is 10.1. The van der Waals surface area contributed by atoms with Crippen LogP contribution in [0, 0.1) is 0 Å². The van der Waals surface area contributed by atoms with Crippen molar-refractivity contribution in [3.63, 3.8) is 0 Å². The zero-order chi connectivity index (χ0) is 22.7. The Hall–Kier alpha value is -3.58. The van der Waals surface area contributed by atoms with Crippen LogP contribution in [0.2, 0.25) is 0 Å². The molecule has 6 nitrogen and oxygen atoms in total. The Balaban J connectivity index is 1.72. The Morgan fingerprint density at radius 1 is 0.969 bits per heavy atom. The highest BCUT2D eigenvalue weighted by Gasteiger charge is 2.21. The van der Waals surface area contributed by atoms with E-state index in [-0.39, 0.29) is 5.91 Å². The number of para-hydroxylation sites is 1. The SMILES string of the molecule is COc1ccc(CN(C)C(=O)c2cc(-c3cccs3)nc3ccccc23)c(OC)c1OC. The fourth-order valence-electron chi connectivity index (χ4n) is 3.72. The first kappa shape index (κ1) is 21.6. The van der Waals surface area contributed by atoms with Gasteiger partial charge in [0.2, 0.25) is 5.75 Å². The Kier molecular flexibility index (Phi) is 6.28. The van der Waals surface area contributed by atoms with Crippen LogP contribution in [0.3, 0.4) is 0 Å². The number of aromatic nitrogens is 1. The van der Waals surface area contributed by atoms with Crippen LogP contribution in [0.1, 0.15) is 15.9 Å². The summed E-state index contributed by atoms with van der Waals surface area (Å²) in [5, 5.41) is 2.83. The van der Waals surface area contributed by atoms with Crippen LogP contribution in [-0.2, 0) is 6.54 Å². The third-order valence-corrected chi connectivity index (χ3v) is 6.15. The van der Waals surface area contributed by atoms with Crippen LogP contribution in [0.25, 0.3) is 21.5 Å². The van der Waals surface area contributed by atoms with Crippen LogP contribution in [0.5, 0.6) is 17.2 Å². The molecule has 0 atom stereocenters. The number of carbonyl (C=O) groups excluding carboxylic acids is 1. The van der Waals surface area contributed by atoms with Gasteiger partial charge in [0.05, 0.1) is 43.0 Å². The van der Waals surface area contributed by atoms with E-state index in [1.54, 1.807) is 44.6 Å². The van der Waals surface area contributed by atoms with Crippen molar-refractivity contribution < 1.29 is 19.0 Å². The van der Waals surface area contributed by atoms with Crippen LogP contribution in [-0.4, -0.2) is 44.2 Å². The first-order chi connectivity index (χ1) is 15.6. The lowest BCUT2D eigenvalue weighted by Gasteiger charge is -2.22. The second-order valence-corrected chi connectivity index (χ2v) is 8.15. The summed E-state index contributed by atoms with van der Waals surface area (Å²) in [7, 11) is 6.49. The minimum atomic E-state index is -0.0988. The normalized spacial score (nSPS) is 10.8. The quantitative estimate of drug-likeness (QED) is 0.386. The van der Waals surface area contributed by atoms with E-state index in [1.807, 2.05) is 60.0 Å². The highest BCUT2D eigenvalue weighted by atomic mass is 32.1. The summed E-state index contributed by atoms with van der Waals surface area (Å²) < 4.78 is 16.4. The molecule has 0 aliphatic rings. The number of hydrogen-bond acceptors (Lipinski definition) is 6. The van der Waals surface area contributed by atoms with Crippen molar-refractivity contribution in [1.82, 2.24) is 9.88 Å². The molecule has 4 rings (SSSR count). The molecule has 7 heteroatoms. The maximum Gasteiger partial charge on any atom is 0.254 e. The van der Waals surface area contributed by atoms with E-state index in [4.69, 9.17) is 19.2 Å². The maximum absolute atomic E-state index is 13.6. The molecule has 0 aliphatic heterocycles. The van der Waals surface area contributed by atoms with Crippen molar-refractivity contribution in [3.8, 4) is 27.8 Å². The van der Waals surface area contributed by atoms with E-state index in [1.165, 1.54) is 0 Å². The van der Waals surface area contributed by atoms with Gasteiger partial charge in [0, 0.05) is 24.5 Å². The first-order valence-corrected chi connectivity index (χ1v) is 10.9. The summed E-state index contributed by atoms with van der Waals surface area (Å²) in [6.45, 7) is 0.341. The number of thiophene rings is 1. The van der Waals surface area contributed by atoms with E-state index in [0.717, 1.165) is 27.0 Å². The molecule has 0 unspecified atom stereocenters. The molecule has 0 bridgehead atoms. The van der Waals surface area contributed by atoms with Gasteiger partial charge in [0.25, 0.3) is 5.91 Å². The standard InChI is InChI=1S/C25H24N2O4S/c1-27(15-16-11-12-21(29-2)24(31-4)23(16)30-3)25(28)18-14-20(22-10-7-13-32-22)26-19-9-6-5-8-17(18)19/h5-14H,15H2,1-4H3. The Bertz CT molecular complexity index is 1250. The zero-order valence-electron chi connectivity index (χ0n) is 18.4. The molecule has 0 saturated heterocycles. The monoisotopic (exact) mass is 448 g/mol. The third-order valence-electron chi connectivity index (χ3n) is 5.26. The van der Waals surface area contributed by atoms with Crippen molar-refractivity contribution >= 4 is 28.1 Å². The second kappa shape index (κ2) is 9.28. The molecule has 0 radical (unpaired) electrons. The van der Waals surface area contributed by atoms with Gasteiger partial charge in [-0.3, -0.25) is 4.79 Å². The minimum Gasteiger partial charge on any atom is -0.493 e. The van der Waals surface area contributed by atoms with Crippen molar-refractivity contribution in [2.45, 2.75) is 6.54 Å². The molecule has 32 heavy (non-hydrogen) atoms. The molecular formula is C25H24N2O4S. The average Bonchev–Trinajstić information content (AvgIpc) is 3.37. The van der Waals surface area contributed by atoms with Crippen LogP contribution >= 0.6 is 11.3 Å². The van der Waals surface area contributed by atoms with E-state index in [0.29, 0.717) is 29.4 Å². The molecule has 0 N–H and O–H groups in total. The molecule has 1 amide bonds. The number of methoxy groups -OCH3 is 3. The van der Waals surface area contributed by atoms with E-state index in [9.17, 15) is 4.79 Å². The topological polar surface area (TPSA) is 60.9 Å². The average molecular weight is 449 g/mol. The number of amides is 1. The summed E-state index contributed by atoms with van der Waals surface area (Å²) in [5.41, 5.74) is 3.01. The lowest BCUT2D eigenvalue weighted by molar-refractivity contribution is 0.0786. The molecule has 0 aliphatic carbocycles. The van der Waals surface area contributed by atoms with Gasteiger partial charge in [-0.25, -0.2) is 4.98 Å². The van der Waals surface area contributed by atoms with Gasteiger partial charge < -0.3 is 19.1 Å². The van der Waals surface area contributed by atoms with Crippen molar-refractivity contribution in [1.29, 1.82) is 0 Å². The highest BCUT2D eigenvalue weighted by Crippen LogP contribution is 2.40. The number of ether oxygens (including phenoxy) is 3. The van der Waals surface area contributed by atoms with Crippen LogP contribution < -0.4 is 14.2 Å². The summed E-state index contributed by atoms with van der Waals surface area (Å²) in [6.07, 6.45) is 0. The predicted molar refractivity (Wildman–Crippen MR) is 127 cm³/mol. The number of benzene rings is 2. The van der Waals surface area contributed by atoms with E-state index >= 15 is 0 Å². The van der Waals surface area contributed by atoms with Crippen molar-refractivity contribution in [3.05, 3.63) is 71.1 Å². The first-order valence-electron chi connectivity index (χ1n) is 10.0. The summed E-state index contributed by atoms with van der Waals surface area (Å²) >= 11 is 1.60. The lowest BCUT2D eigenvalue weighted by Crippen LogP contribution is -2.27. The minimum absolute atomic E-state index is 0.0988. The van der Waals surface area contributed by atoms with Gasteiger partial charge in [-0.05, 0) is 35.7 Å². The van der Waals surface area contributed by atoms with Gasteiger partial charge in [0.1, 0.15) is 0 Å². The number of fused-ring (bicyclic) bond motifs is 1. The van der Waals surface area contributed by atoms with E-state index < -0.39 is 0 Å². The molecule has 2 aromatic carbocycles. The highest BCUT2D eigenvalue weighted by molar-refractivity contribution is 7.13. The summed E-state index contributed by atoms with van der Waals surface area (Å²) in [6, 6.07) is 17.3. The molecule has 0 fully saturated rings. The van der Waals surface area contributed by atoms with Crippen molar-refractivity contribution in [2.24, 2.45) is 0 Å². The molecule has 2 heterocycles. The van der Waals surface area contributed by atoms with Gasteiger partial charge in [-0.15, -0.1) is 11.3 Å². The molecule has 2 aromatic heterocycles. The Labute approximate surface area is 191 Å². The number of rotatable bonds is 7. The van der Waals surface area contributed by atoms with Gasteiger partial charge in [0.15, 0.2) is 11.5 Å². The van der Waals surface area contributed by atoms with Gasteiger partial charge in [-0.1, -0.05) is 24.3 Å². The Morgan fingerprint density at radius 3 is 2.44 bits per heavy atom. The second-order valence-electron chi connectivity index (χ2n) is 7.20. The van der Waals surface area contributed by atoms with Crippen LogP contribution in [0.4, 0.5) is 0 Å². The predicted octanol–water partition coefficient (Wildman–Crippen LogP) is 5.26. The fraction of sp³-hybridized carbons (Fsp3) is 0.200. The molecular weight excluding hydrogens is 424 g/mol. The molecule has 0 saturated carbocycles. The summed E-state index contributed by atoms with van der Waals surface area (Å²) in [5.74, 6) is 1.52. The van der Waals surface area contributed by atoms with Gasteiger partial charge in [-0.2, -0.15) is 0 Å². The zero-order valence-corrected chi connectivity index (χ0v) is 19.2. The van der Waals surface area contributed by atoms with E-state index in [2.05, 4.69) is 0 Å². The largest absolute Gasteiger partial charge is 0.493 e. The van der Waals surface area contributed by atoms with Gasteiger partial charge >= 0.3 is 0 Å². The number of pyridine rings is 1. The number of nitrogens with zero attached hydrogens (tertiary/aromatic N) is 2. The molecule has 4 aromatic rings. The summed E-state index contributed by atoms with van der Waals surface area (Å²) in [4.78, 5) is 21.0. The Morgan fingerprint density at radius 2 is 1.75 bits per heavy atom. The molecule has 0 spiro atoms. The fourth-order valence-corrected chi connectivity index (χ4v) is 4.41. The van der Waals surface area contributed by atoms with Crippen molar-refractivity contribution in [2.75, 3.05) is 28.4 Å². The maximum atomic E-state index is 13.6. The number of hydrogen-bond donors (Lipinski definition) is 0. The third kappa shape index (κ3) is 3.99.